The first kappa shape index (κ1) is 13.7. The lowest BCUT2D eigenvalue weighted by atomic mass is 9.95. The number of aromatic nitrogens is 2. The fraction of sp³-hybridized carbons (Fsp3) is 0.667. The Morgan fingerprint density at radius 3 is 2.82 bits per heavy atom. The lowest BCUT2D eigenvalue weighted by molar-refractivity contribution is -0.148. The highest BCUT2D eigenvalue weighted by Crippen LogP contribution is 2.15. The van der Waals surface area contributed by atoms with Crippen LogP contribution >= 0.6 is 0 Å². The quantitative estimate of drug-likeness (QED) is 0.574. The summed E-state index contributed by atoms with van der Waals surface area (Å²) in [4.78, 5) is 15.6. The van der Waals surface area contributed by atoms with E-state index in [0.29, 0.717) is 0 Å². The number of rotatable bonds is 7. The van der Waals surface area contributed by atoms with E-state index in [2.05, 4.69) is 10.3 Å². The van der Waals surface area contributed by atoms with E-state index >= 15 is 0 Å². The number of esters is 1. The maximum atomic E-state index is 11.6. The van der Waals surface area contributed by atoms with Crippen LogP contribution in [0.15, 0.2) is 18.7 Å². The molecule has 17 heavy (non-hydrogen) atoms. The van der Waals surface area contributed by atoms with Crippen molar-refractivity contribution in [1.82, 2.24) is 14.9 Å². The van der Waals surface area contributed by atoms with Gasteiger partial charge in [0.25, 0.3) is 0 Å². The molecule has 1 atom stereocenters. The van der Waals surface area contributed by atoms with Crippen molar-refractivity contribution in [3.63, 3.8) is 0 Å². The van der Waals surface area contributed by atoms with Gasteiger partial charge in [-0.15, -0.1) is 0 Å². The predicted octanol–water partition coefficient (Wildman–Crippen LogP) is 1.20. The summed E-state index contributed by atoms with van der Waals surface area (Å²) in [5.41, 5.74) is -0.580. The minimum Gasteiger partial charge on any atom is -0.468 e. The zero-order chi connectivity index (χ0) is 12.7. The number of carbonyl (C=O) groups excluding carboxylic acids is 1. The summed E-state index contributed by atoms with van der Waals surface area (Å²) in [6.45, 7) is 2.80. The van der Waals surface area contributed by atoms with E-state index in [1.165, 1.54) is 7.11 Å². The molecule has 1 heterocycles. The maximum absolute atomic E-state index is 11.6. The third-order valence-corrected chi connectivity index (χ3v) is 3.09. The Morgan fingerprint density at radius 2 is 2.29 bits per heavy atom. The zero-order valence-corrected chi connectivity index (χ0v) is 10.8. The van der Waals surface area contributed by atoms with Crippen molar-refractivity contribution in [2.24, 2.45) is 0 Å². The summed E-state index contributed by atoms with van der Waals surface area (Å²) in [6, 6.07) is 0. The molecule has 0 saturated heterocycles. The van der Waals surface area contributed by atoms with Crippen LogP contribution in [0.4, 0.5) is 0 Å². The number of imidazole rings is 1. The fourth-order valence-electron chi connectivity index (χ4n) is 1.75. The molecular formula is C12H21N3O2. The third kappa shape index (κ3) is 3.85. The van der Waals surface area contributed by atoms with Crippen LogP contribution in [0.25, 0.3) is 0 Å². The van der Waals surface area contributed by atoms with E-state index in [0.717, 1.165) is 25.8 Å². The third-order valence-electron chi connectivity index (χ3n) is 3.09. The van der Waals surface area contributed by atoms with Crippen LogP contribution in [-0.2, 0) is 16.1 Å². The molecule has 0 radical (unpaired) electrons. The van der Waals surface area contributed by atoms with Crippen molar-refractivity contribution in [3.05, 3.63) is 18.7 Å². The van der Waals surface area contributed by atoms with Gasteiger partial charge in [0.15, 0.2) is 0 Å². The Hall–Kier alpha value is -1.36. The Labute approximate surface area is 102 Å². The molecule has 0 aliphatic rings. The molecule has 1 unspecified atom stereocenters. The SMILES string of the molecule is CNC(C)(CCCCn1ccnc1)C(=O)OC. The molecule has 1 aromatic rings. The van der Waals surface area contributed by atoms with Crippen molar-refractivity contribution in [2.45, 2.75) is 38.3 Å². The van der Waals surface area contributed by atoms with Crippen LogP contribution in [-0.4, -0.2) is 35.2 Å². The monoisotopic (exact) mass is 239 g/mol. The van der Waals surface area contributed by atoms with Crippen molar-refractivity contribution >= 4 is 5.97 Å². The maximum Gasteiger partial charge on any atom is 0.325 e. The fourth-order valence-corrected chi connectivity index (χ4v) is 1.75. The largest absolute Gasteiger partial charge is 0.468 e. The van der Waals surface area contributed by atoms with Crippen LogP contribution < -0.4 is 5.32 Å². The van der Waals surface area contributed by atoms with Crippen LogP contribution in [0.3, 0.4) is 0 Å². The van der Waals surface area contributed by atoms with Gasteiger partial charge >= 0.3 is 5.97 Å². The molecule has 0 amide bonds. The Balaban J connectivity index is 2.31. The van der Waals surface area contributed by atoms with Crippen LogP contribution in [0, 0.1) is 0 Å². The number of unbranched alkanes of at least 4 members (excludes halogenated alkanes) is 1. The minimum atomic E-state index is -0.580. The molecule has 0 saturated carbocycles. The summed E-state index contributed by atoms with van der Waals surface area (Å²) in [5, 5.41) is 3.03. The van der Waals surface area contributed by atoms with Crippen LogP contribution in [0.2, 0.25) is 0 Å². The van der Waals surface area contributed by atoms with Crippen molar-refractivity contribution in [1.29, 1.82) is 0 Å². The topological polar surface area (TPSA) is 56.2 Å². The second-order valence-corrected chi connectivity index (χ2v) is 4.33. The molecule has 0 fully saturated rings. The van der Waals surface area contributed by atoms with E-state index in [1.54, 1.807) is 19.6 Å². The van der Waals surface area contributed by atoms with E-state index in [1.807, 2.05) is 17.7 Å². The molecule has 96 valence electrons. The number of hydrogen-bond acceptors (Lipinski definition) is 4. The average Bonchev–Trinajstić information content (AvgIpc) is 2.86. The standard InChI is InChI=1S/C12H21N3O2/c1-12(13-2,11(16)17-3)6-4-5-8-15-9-7-14-10-15/h7,9-10,13H,4-6,8H2,1-3H3. The number of nitrogens with one attached hydrogen (secondary N) is 1. The van der Waals surface area contributed by atoms with Gasteiger partial charge in [-0.1, -0.05) is 0 Å². The summed E-state index contributed by atoms with van der Waals surface area (Å²) in [5.74, 6) is -0.206. The molecule has 0 aliphatic carbocycles. The number of carbonyl (C=O) groups is 1. The Morgan fingerprint density at radius 1 is 1.53 bits per heavy atom. The second-order valence-electron chi connectivity index (χ2n) is 4.33. The lowest BCUT2D eigenvalue weighted by Crippen LogP contribution is -2.48. The Bertz CT molecular complexity index is 338. The number of aryl methyl sites for hydroxylation is 1. The van der Waals surface area contributed by atoms with Gasteiger partial charge in [-0.3, -0.25) is 4.79 Å². The number of nitrogens with zero attached hydrogens (tertiary/aromatic N) is 2. The highest BCUT2D eigenvalue weighted by molar-refractivity contribution is 5.80. The van der Waals surface area contributed by atoms with Crippen LogP contribution in [0.5, 0.6) is 0 Å². The summed E-state index contributed by atoms with van der Waals surface area (Å²) >= 11 is 0. The number of likely N-dealkylation sites (N-methyl/N-ethyl adjacent to an activating group) is 1. The lowest BCUT2D eigenvalue weighted by Gasteiger charge is -2.25. The molecule has 5 heteroatoms. The molecule has 5 nitrogen and oxygen atoms in total. The zero-order valence-electron chi connectivity index (χ0n) is 10.8. The number of ether oxygens (including phenoxy) is 1. The van der Waals surface area contributed by atoms with Gasteiger partial charge in [0, 0.05) is 18.9 Å². The van der Waals surface area contributed by atoms with E-state index in [9.17, 15) is 4.79 Å². The van der Waals surface area contributed by atoms with Gasteiger partial charge in [-0.2, -0.15) is 0 Å². The van der Waals surface area contributed by atoms with Crippen molar-refractivity contribution in [2.75, 3.05) is 14.2 Å². The van der Waals surface area contributed by atoms with Gasteiger partial charge in [0.2, 0.25) is 0 Å². The molecule has 0 aliphatic heterocycles. The summed E-state index contributed by atoms with van der Waals surface area (Å²) < 4.78 is 6.83. The predicted molar refractivity (Wildman–Crippen MR) is 65.6 cm³/mol. The second kappa shape index (κ2) is 6.39. The van der Waals surface area contributed by atoms with E-state index < -0.39 is 5.54 Å². The van der Waals surface area contributed by atoms with Gasteiger partial charge in [-0.25, -0.2) is 4.98 Å². The molecule has 1 N–H and O–H groups in total. The van der Waals surface area contributed by atoms with Gasteiger partial charge in [-0.05, 0) is 33.2 Å². The molecule has 1 rings (SSSR count). The van der Waals surface area contributed by atoms with Crippen molar-refractivity contribution in [3.8, 4) is 0 Å². The molecule has 1 aromatic heterocycles. The minimum absolute atomic E-state index is 0.206. The molecular weight excluding hydrogens is 218 g/mol. The van der Waals surface area contributed by atoms with E-state index in [4.69, 9.17) is 4.74 Å². The smallest absolute Gasteiger partial charge is 0.325 e. The summed E-state index contributed by atoms with van der Waals surface area (Å²) in [6.07, 6.45) is 8.27. The number of hydrogen-bond donors (Lipinski definition) is 1. The molecule has 0 aromatic carbocycles. The first-order valence-corrected chi connectivity index (χ1v) is 5.85. The highest BCUT2D eigenvalue weighted by atomic mass is 16.5. The van der Waals surface area contributed by atoms with Gasteiger partial charge in [0.1, 0.15) is 5.54 Å². The molecule has 0 spiro atoms. The Kier molecular flexibility index (Phi) is 5.15. The van der Waals surface area contributed by atoms with E-state index in [-0.39, 0.29) is 5.97 Å². The van der Waals surface area contributed by atoms with Gasteiger partial charge in [0.05, 0.1) is 13.4 Å². The van der Waals surface area contributed by atoms with Crippen molar-refractivity contribution < 1.29 is 9.53 Å². The first-order valence-electron chi connectivity index (χ1n) is 5.85. The normalized spacial score (nSPS) is 14.3. The average molecular weight is 239 g/mol. The summed E-state index contributed by atoms with van der Waals surface area (Å²) in [7, 11) is 3.20. The number of methoxy groups -OCH3 is 1. The first-order chi connectivity index (χ1) is 8.12. The van der Waals surface area contributed by atoms with Gasteiger partial charge < -0.3 is 14.6 Å². The molecule has 0 bridgehead atoms. The highest BCUT2D eigenvalue weighted by Gasteiger charge is 2.31. The van der Waals surface area contributed by atoms with Crippen LogP contribution in [0.1, 0.15) is 26.2 Å².